The maximum Gasteiger partial charge on any atom is 0.0126 e. The van der Waals surface area contributed by atoms with Gasteiger partial charge in [0.05, 0.1) is 0 Å². The van der Waals surface area contributed by atoms with Gasteiger partial charge in [-0.2, -0.15) is 0 Å². The monoisotopic (exact) mass is 200 g/mol. The maximum atomic E-state index is 5.21. The zero-order valence-electron chi connectivity index (χ0n) is 6.71. The van der Waals surface area contributed by atoms with Crippen LogP contribution in [0.4, 0.5) is 0 Å². The summed E-state index contributed by atoms with van der Waals surface area (Å²) in [7, 11) is 0. The van der Waals surface area contributed by atoms with Crippen molar-refractivity contribution in [2.45, 2.75) is 32.1 Å². The van der Waals surface area contributed by atoms with Gasteiger partial charge in [-0.3, -0.25) is 11.3 Å². The normalized spacial score (nSPS) is 18.3. The second-order valence-electron chi connectivity index (χ2n) is 2.91. The first-order valence-electron chi connectivity index (χ1n) is 3.87. The quantitative estimate of drug-likeness (QED) is 0.528. The van der Waals surface area contributed by atoms with E-state index in [0.717, 1.165) is 12.5 Å². The molecule has 0 bridgehead atoms. The van der Waals surface area contributed by atoms with Crippen molar-refractivity contribution in [3.8, 4) is 0 Å². The summed E-state index contributed by atoms with van der Waals surface area (Å²) in [6.07, 6.45) is 7.01. The van der Waals surface area contributed by atoms with Crippen LogP contribution < -0.4 is 11.3 Å². The molecule has 0 atom stereocenters. The van der Waals surface area contributed by atoms with Crippen LogP contribution in [0.5, 0.6) is 0 Å². The Balaban J connectivity index is 0. The van der Waals surface area contributed by atoms with Crippen LogP contribution >= 0.6 is 24.8 Å². The molecule has 1 fully saturated rings. The lowest BCUT2D eigenvalue weighted by Crippen LogP contribution is -2.29. The molecule has 70 valence electrons. The molecule has 0 aromatic carbocycles. The van der Waals surface area contributed by atoms with Crippen LogP contribution in [-0.2, 0) is 0 Å². The molecule has 1 aliphatic carbocycles. The minimum Gasteiger partial charge on any atom is -0.271 e. The van der Waals surface area contributed by atoms with Crippen molar-refractivity contribution >= 4 is 24.8 Å². The van der Waals surface area contributed by atoms with Gasteiger partial charge < -0.3 is 0 Å². The summed E-state index contributed by atoms with van der Waals surface area (Å²) >= 11 is 0. The topological polar surface area (TPSA) is 38.0 Å². The molecular formula is C7H18Cl2N2. The van der Waals surface area contributed by atoms with E-state index in [9.17, 15) is 0 Å². The summed E-state index contributed by atoms with van der Waals surface area (Å²) in [5.41, 5.74) is 2.74. The van der Waals surface area contributed by atoms with Gasteiger partial charge in [-0.25, -0.2) is 0 Å². The molecule has 0 radical (unpaired) electrons. The van der Waals surface area contributed by atoms with Crippen molar-refractivity contribution in [2.24, 2.45) is 11.8 Å². The molecule has 1 rings (SSSR count). The highest BCUT2D eigenvalue weighted by molar-refractivity contribution is 5.85. The largest absolute Gasteiger partial charge is 0.271 e. The minimum atomic E-state index is 0. The van der Waals surface area contributed by atoms with Crippen LogP contribution in [0.25, 0.3) is 0 Å². The first-order valence-corrected chi connectivity index (χ1v) is 3.87. The fourth-order valence-corrected chi connectivity index (χ4v) is 1.56. The molecular weight excluding hydrogens is 183 g/mol. The molecule has 1 saturated carbocycles. The summed E-state index contributed by atoms with van der Waals surface area (Å²) in [6, 6.07) is 0. The Kier molecular flexibility index (Phi) is 11.0. The lowest BCUT2D eigenvalue weighted by molar-refractivity contribution is 0.344. The molecule has 4 heteroatoms. The molecule has 0 saturated heterocycles. The Morgan fingerprint density at radius 2 is 1.64 bits per heavy atom. The molecule has 3 N–H and O–H groups in total. The van der Waals surface area contributed by atoms with Crippen molar-refractivity contribution in [3.05, 3.63) is 0 Å². The van der Waals surface area contributed by atoms with E-state index < -0.39 is 0 Å². The van der Waals surface area contributed by atoms with Crippen LogP contribution in [0.15, 0.2) is 0 Å². The first-order chi connectivity index (χ1) is 4.43. The summed E-state index contributed by atoms with van der Waals surface area (Å²) < 4.78 is 0. The van der Waals surface area contributed by atoms with Gasteiger partial charge in [0.2, 0.25) is 0 Å². The van der Waals surface area contributed by atoms with E-state index >= 15 is 0 Å². The van der Waals surface area contributed by atoms with Gasteiger partial charge in [-0.05, 0) is 18.8 Å². The Bertz CT molecular complexity index is 72.1. The Labute approximate surface area is 81.1 Å². The van der Waals surface area contributed by atoms with Crippen molar-refractivity contribution in [2.75, 3.05) is 6.54 Å². The molecule has 0 aromatic heterocycles. The smallest absolute Gasteiger partial charge is 0.0126 e. The van der Waals surface area contributed by atoms with Crippen LogP contribution in [0.3, 0.4) is 0 Å². The van der Waals surface area contributed by atoms with Crippen molar-refractivity contribution in [1.82, 2.24) is 5.43 Å². The lowest BCUT2D eigenvalue weighted by atomic mass is 9.89. The first kappa shape index (κ1) is 14.0. The number of hydrogen-bond donors (Lipinski definition) is 2. The van der Waals surface area contributed by atoms with Crippen molar-refractivity contribution in [3.63, 3.8) is 0 Å². The molecule has 0 heterocycles. The molecule has 0 amide bonds. The third-order valence-electron chi connectivity index (χ3n) is 2.13. The van der Waals surface area contributed by atoms with E-state index in [1.165, 1.54) is 32.1 Å². The summed E-state index contributed by atoms with van der Waals surface area (Å²) in [6.45, 7) is 1.01. The predicted molar refractivity (Wildman–Crippen MR) is 53.3 cm³/mol. The third-order valence-corrected chi connectivity index (χ3v) is 2.13. The number of hydrogen-bond acceptors (Lipinski definition) is 2. The summed E-state index contributed by atoms with van der Waals surface area (Å²) in [5.74, 6) is 6.07. The van der Waals surface area contributed by atoms with E-state index in [2.05, 4.69) is 5.43 Å². The van der Waals surface area contributed by atoms with E-state index in [1.54, 1.807) is 0 Å². The number of rotatable bonds is 2. The van der Waals surface area contributed by atoms with Gasteiger partial charge in [-0.15, -0.1) is 24.8 Å². The third kappa shape index (κ3) is 5.74. The molecule has 0 spiro atoms. The Morgan fingerprint density at radius 1 is 1.09 bits per heavy atom. The molecule has 0 aliphatic heterocycles. The van der Waals surface area contributed by atoms with Gasteiger partial charge in [0.25, 0.3) is 0 Å². The zero-order valence-corrected chi connectivity index (χ0v) is 8.35. The van der Waals surface area contributed by atoms with E-state index in [0.29, 0.717) is 0 Å². The number of nitrogens with two attached hydrogens (primary N) is 1. The zero-order chi connectivity index (χ0) is 6.53. The summed E-state index contributed by atoms with van der Waals surface area (Å²) in [4.78, 5) is 0. The number of nitrogens with one attached hydrogen (secondary N) is 1. The van der Waals surface area contributed by atoms with Crippen molar-refractivity contribution < 1.29 is 0 Å². The molecule has 0 aromatic rings. The van der Waals surface area contributed by atoms with Crippen LogP contribution in [0.2, 0.25) is 0 Å². The highest BCUT2D eigenvalue weighted by Gasteiger charge is 2.11. The highest BCUT2D eigenvalue weighted by Crippen LogP contribution is 2.22. The van der Waals surface area contributed by atoms with E-state index in [-0.39, 0.29) is 24.8 Å². The average molecular weight is 201 g/mol. The van der Waals surface area contributed by atoms with Gasteiger partial charge in [0.1, 0.15) is 0 Å². The second-order valence-corrected chi connectivity index (χ2v) is 2.91. The number of hydrazine groups is 1. The van der Waals surface area contributed by atoms with E-state index in [1.807, 2.05) is 0 Å². The molecule has 1 aliphatic rings. The van der Waals surface area contributed by atoms with Gasteiger partial charge in [-0.1, -0.05) is 19.3 Å². The Hall–Kier alpha value is 0.500. The fraction of sp³-hybridized carbons (Fsp3) is 1.00. The fourth-order valence-electron chi connectivity index (χ4n) is 1.56. The Morgan fingerprint density at radius 3 is 2.09 bits per heavy atom. The van der Waals surface area contributed by atoms with Gasteiger partial charge in [0, 0.05) is 6.54 Å². The van der Waals surface area contributed by atoms with Gasteiger partial charge in [0.15, 0.2) is 0 Å². The van der Waals surface area contributed by atoms with Crippen molar-refractivity contribution in [1.29, 1.82) is 0 Å². The molecule has 0 unspecified atom stereocenters. The summed E-state index contributed by atoms with van der Waals surface area (Å²) in [5, 5.41) is 0. The second kappa shape index (κ2) is 8.60. The standard InChI is InChI=1S/C7H16N2.2ClH/c8-9-6-7-4-2-1-3-5-7;;/h7,9H,1-6,8H2;2*1H. The number of halogens is 2. The van der Waals surface area contributed by atoms with E-state index in [4.69, 9.17) is 5.84 Å². The average Bonchev–Trinajstić information content (AvgIpc) is 1.91. The minimum absolute atomic E-state index is 0. The highest BCUT2D eigenvalue weighted by atomic mass is 35.5. The van der Waals surface area contributed by atoms with Crippen LogP contribution in [-0.4, -0.2) is 6.54 Å². The van der Waals surface area contributed by atoms with Gasteiger partial charge >= 0.3 is 0 Å². The maximum absolute atomic E-state index is 5.21. The predicted octanol–water partition coefficient (Wildman–Crippen LogP) is 1.87. The lowest BCUT2D eigenvalue weighted by Gasteiger charge is -2.20. The van der Waals surface area contributed by atoms with Crippen LogP contribution in [0.1, 0.15) is 32.1 Å². The van der Waals surface area contributed by atoms with Crippen LogP contribution in [0, 0.1) is 5.92 Å². The SMILES string of the molecule is Cl.Cl.NNCC1CCCCC1. The molecule has 2 nitrogen and oxygen atoms in total. The molecule has 11 heavy (non-hydrogen) atoms.